The fourth-order valence-electron chi connectivity index (χ4n) is 3.19. The SMILES string of the molecule is CC1(c2cc(F)ccc2F)CC[C@@H](O)C(COCCS)C1. The van der Waals surface area contributed by atoms with Gasteiger partial charge < -0.3 is 9.84 Å². The fourth-order valence-corrected chi connectivity index (χ4v) is 3.32. The van der Waals surface area contributed by atoms with Gasteiger partial charge in [0.2, 0.25) is 0 Å². The van der Waals surface area contributed by atoms with Crippen molar-refractivity contribution in [2.45, 2.75) is 37.7 Å². The summed E-state index contributed by atoms with van der Waals surface area (Å²) in [5, 5.41) is 10.1. The topological polar surface area (TPSA) is 29.5 Å². The van der Waals surface area contributed by atoms with Crippen molar-refractivity contribution >= 4 is 12.6 Å². The van der Waals surface area contributed by atoms with Gasteiger partial charge in [-0.1, -0.05) is 6.92 Å². The van der Waals surface area contributed by atoms with Crippen LogP contribution in [0.5, 0.6) is 0 Å². The summed E-state index contributed by atoms with van der Waals surface area (Å²) in [6, 6.07) is 3.58. The molecule has 2 nitrogen and oxygen atoms in total. The molecule has 0 heterocycles. The molecule has 1 aliphatic carbocycles. The lowest BCUT2D eigenvalue weighted by Crippen LogP contribution is -2.40. The first-order chi connectivity index (χ1) is 9.96. The molecule has 118 valence electrons. The molecule has 21 heavy (non-hydrogen) atoms. The zero-order valence-electron chi connectivity index (χ0n) is 12.2. The number of hydrogen-bond donors (Lipinski definition) is 2. The highest BCUT2D eigenvalue weighted by Crippen LogP contribution is 2.43. The van der Waals surface area contributed by atoms with E-state index in [4.69, 9.17) is 4.74 Å². The van der Waals surface area contributed by atoms with Crippen LogP contribution in [0.4, 0.5) is 8.78 Å². The Morgan fingerprint density at radius 3 is 2.90 bits per heavy atom. The summed E-state index contributed by atoms with van der Waals surface area (Å²) in [6.45, 7) is 2.88. The van der Waals surface area contributed by atoms with Gasteiger partial charge in [0.25, 0.3) is 0 Å². The molecule has 2 rings (SSSR count). The molecule has 0 aromatic heterocycles. The normalized spacial score (nSPS) is 29.6. The monoisotopic (exact) mass is 316 g/mol. The summed E-state index contributed by atoms with van der Waals surface area (Å²) in [4.78, 5) is 0. The maximum atomic E-state index is 14.1. The molecule has 0 spiro atoms. The Bertz CT molecular complexity index is 483. The van der Waals surface area contributed by atoms with Crippen LogP contribution in [0.2, 0.25) is 0 Å². The zero-order chi connectivity index (χ0) is 15.5. The van der Waals surface area contributed by atoms with Gasteiger partial charge in [-0.2, -0.15) is 12.6 Å². The number of aliphatic hydroxyl groups is 1. The van der Waals surface area contributed by atoms with Crippen LogP contribution in [0.25, 0.3) is 0 Å². The maximum Gasteiger partial charge on any atom is 0.127 e. The van der Waals surface area contributed by atoms with Crippen molar-refractivity contribution in [3.05, 3.63) is 35.4 Å². The molecular formula is C16H22F2O2S. The van der Waals surface area contributed by atoms with Gasteiger partial charge in [0, 0.05) is 11.7 Å². The molecule has 0 aliphatic heterocycles. The lowest BCUT2D eigenvalue weighted by Gasteiger charge is -2.41. The molecule has 5 heteroatoms. The molecule has 0 amide bonds. The van der Waals surface area contributed by atoms with Crippen molar-refractivity contribution in [2.24, 2.45) is 5.92 Å². The average Bonchev–Trinajstić information content (AvgIpc) is 2.46. The minimum Gasteiger partial charge on any atom is -0.393 e. The first-order valence-electron chi connectivity index (χ1n) is 7.28. The molecule has 1 aliphatic rings. The minimum absolute atomic E-state index is 0.0636. The number of aliphatic hydroxyl groups excluding tert-OH is 1. The number of benzene rings is 1. The van der Waals surface area contributed by atoms with Crippen molar-refractivity contribution in [3.8, 4) is 0 Å². The Labute approximate surface area is 129 Å². The molecule has 1 fully saturated rings. The van der Waals surface area contributed by atoms with Crippen LogP contribution in [-0.2, 0) is 10.2 Å². The van der Waals surface area contributed by atoms with Crippen LogP contribution in [0.3, 0.4) is 0 Å². The lowest BCUT2D eigenvalue weighted by molar-refractivity contribution is -0.0113. The summed E-state index contributed by atoms with van der Waals surface area (Å²) in [7, 11) is 0. The van der Waals surface area contributed by atoms with Crippen LogP contribution in [-0.4, -0.2) is 30.2 Å². The van der Waals surface area contributed by atoms with E-state index in [0.29, 0.717) is 43.8 Å². The summed E-state index contributed by atoms with van der Waals surface area (Å²) in [6.07, 6.45) is 1.34. The lowest BCUT2D eigenvalue weighted by atomic mass is 9.66. The molecule has 0 radical (unpaired) electrons. The van der Waals surface area contributed by atoms with Gasteiger partial charge in [-0.05, 0) is 48.4 Å². The summed E-state index contributed by atoms with van der Waals surface area (Å²) >= 11 is 4.08. The largest absolute Gasteiger partial charge is 0.393 e. The predicted octanol–water partition coefficient (Wildman–Crippen LogP) is 3.33. The van der Waals surface area contributed by atoms with E-state index in [0.717, 1.165) is 6.07 Å². The van der Waals surface area contributed by atoms with Crippen LogP contribution in [0.15, 0.2) is 18.2 Å². The molecule has 1 saturated carbocycles. The van der Waals surface area contributed by atoms with E-state index in [9.17, 15) is 13.9 Å². The van der Waals surface area contributed by atoms with Gasteiger partial charge in [0.15, 0.2) is 0 Å². The average molecular weight is 316 g/mol. The first-order valence-corrected chi connectivity index (χ1v) is 7.92. The van der Waals surface area contributed by atoms with Crippen molar-refractivity contribution in [1.82, 2.24) is 0 Å². The quantitative estimate of drug-likeness (QED) is 0.644. The molecule has 1 aromatic carbocycles. The fraction of sp³-hybridized carbons (Fsp3) is 0.625. The van der Waals surface area contributed by atoms with Gasteiger partial charge in [0.05, 0.1) is 19.3 Å². The highest BCUT2D eigenvalue weighted by Gasteiger charge is 2.39. The smallest absolute Gasteiger partial charge is 0.127 e. The summed E-state index contributed by atoms with van der Waals surface area (Å²) < 4.78 is 33.0. The second-order valence-corrected chi connectivity index (χ2v) is 6.50. The van der Waals surface area contributed by atoms with E-state index in [1.807, 2.05) is 6.92 Å². The van der Waals surface area contributed by atoms with E-state index < -0.39 is 17.3 Å². The van der Waals surface area contributed by atoms with Crippen LogP contribution in [0.1, 0.15) is 31.7 Å². The highest BCUT2D eigenvalue weighted by atomic mass is 32.1. The Balaban J connectivity index is 2.16. The van der Waals surface area contributed by atoms with Gasteiger partial charge in [-0.25, -0.2) is 8.78 Å². The molecule has 0 saturated heterocycles. The number of thiol groups is 1. The second kappa shape index (κ2) is 7.07. The number of hydrogen-bond acceptors (Lipinski definition) is 3. The number of rotatable bonds is 5. The summed E-state index contributed by atoms with van der Waals surface area (Å²) in [5.74, 6) is -0.253. The van der Waals surface area contributed by atoms with Crippen LogP contribution < -0.4 is 0 Å². The third-order valence-corrected chi connectivity index (χ3v) is 4.58. The Hall–Kier alpha value is -0.650. The van der Waals surface area contributed by atoms with E-state index >= 15 is 0 Å². The Morgan fingerprint density at radius 1 is 1.43 bits per heavy atom. The maximum absolute atomic E-state index is 14.1. The molecular weight excluding hydrogens is 294 g/mol. The molecule has 2 unspecified atom stereocenters. The van der Waals surface area contributed by atoms with Gasteiger partial charge in [-0.3, -0.25) is 0 Å². The van der Waals surface area contributed by atoms with Crippen molar-refractivity contribution < 1.29 is 18.6 Å². The Kier molecular flexibility index (Phi) is 5.63. The van der Waals surface area contributed by atoms with Crippen LogP contribution in [0, 0.1) is 17.6 Å². The van der Waals surface area contributed by atoms with E-state index in [1.54, 1.807) is 0 Å². The predicted molar refractivity (Wildman–Crippen MR) is 81.7 cm³/mol. The van der Waals surface area contributed by atoms with Gasteiger partial charge in [0.1, 0.15) is 11.6 Å². The third-order valence-electron chi connectivity index (χ3n) is 4.39. The van der Waals surface area contributed by atoms with Gasteiger partial charge >= 0.3 is 0 Å². The van der Waals surface area contributed by atoms with E-state index in [-0.39, 0.29) is 11.7 Å². The van der Waals surface area contributed by atoms with E-state index in [2.05, 4.69) is 12.6 Å². The minimum atomic E-state index is -0.472. The van der Waals surface area contributed by atoms with Crippen molar-refractivity contribution in [2.75, 3.05) is 19.0 Å². The van der Waals surface area contributed by atoms with Crippen molar-refractivity contribution in [1.29, 1.82) is 0 Å². The zero-order valence-corrected chi connectivity index (χ0v) is 13.1. The Morgan fingerprint density at radius 2 is 2.19 bits per heavy atom. The van der Waals surface area contributed by atoms with E-state index in [1.165, 1.54) is 12.1 Å². The van der Waals surface area contributed by atoms with Gasteiger partial charge in [-0.15, -0.1) is 0 Å². The first kappa shape index (κ1) is 16.7. The molecule has 0 bridgehead atoms. The number of halogens is 2. The van der Waals surface area contributed by atoms with Crippen molar-refractivity contribution in [3.63, 3.8) is 0 Å². The third kappa shape index (κ3) is 3.96. The molecule has 3 atom stereocenters. The second-order valence-electron chi connectivity index (χ2n) is 6.05. The summed E-state index contributed by atoms with van der Waals surface area (Å²) in [5.41, 5.74) is -0.0750. The van der Waals surface area contributed by atoms with Crippen LogP contribution >= 0.6 is 12.6 Å². The molecule has 1 aromatic rings. The highest BCUT2D eigenvalue weighted by molar-refractivity contribution is 7.80. The number of ether oxygens (including phenoxy) is 1. The standard InChI is InChI=1S/C16H22F2O2S/c1-16(13-8-12(17)2-3-14(13)18)5-4-15(19)11(9-16)10-20-6-7-21/h2-3,8,11,15,19,21H,4-7,9-10H2,1H3/t11?,15-,16?/m1/s1. The molecule has 1 N–H and O–H groups in total.